The molecule has 0 saturated carbocycles. The highest BCUT2D eigenvalue weighted by Gasteiger charge is 2.57. The molecule has 0 aliphatic carbocycles. The standard InChI is InChI=1S/C20H18FN5O5/c21-12-4-2-1-3-11(12)7-16(27)30-8-14-17(28)18(29)20(9-22,31-14)15-6-5-13-19(23)24-10-25-26(13)15/h1-6,10,14,17-18,28-29H,7-8H2,(H2,23,24,25). The number of benzene rings is 1. The van der Waals surface area contributed by atoms with Gasteiger partial charge in [0.2, 0.25) is 5.60 Å². The molecule has 1 aliphatic rings. The van der Waals surface area contributed by atoms with Gasteiger partial charge >= 0.3 is 5.97 Å². The lowest BCUT2D eigenvalue weighted by molar-refractivity contribution is -0.149. The molecule has 1 saturated heterocycles. The van der Waals surface area contributed by atoms with Crippen LogP contribution in [0.5, 0.6) is 0 Å². The zero-order valence-electron chi connectivity index (χ0n) is 16.1. The molecule has 0 bridgehead atoms. The van der Waals surface area contributed by atoms with Gasteiger partial charge in [0.15, 0.2) is 5.82 Å². The number of nitrogens with zero attached hydrogens (tertiary/aromatic N) is 4. The Hall–Kier alpha value is -3.59. The van der Waals surface area contributed by atoms with Crippen molar-refractivity contribution in [3.05, 3.63) is 59.8 Å². The predicted molar refractivity (Wildman–Crippen MR) is 103 cm³/mol. The third kappa shape index (κ3) is 3.46. The molecule has 160 valence electrons. The van der Waals surface area contributed by atoms with E-state index in [1.807, 2.05) is 6.07 Å². The molecular formula is C20H18FN5O5. The van der Waals surface area contributed by atoms with Crippen LogP contribution >= 0.6 is 0 Å². The van der Waals surface area contributed by atoms with Crippen LogP contribution < -0.4 is 5.73 Å². The van der Waals surface area contributed by atoms with Gasteiger partial charge in [0.25, 0.3) is 0 Å². The Bertz CT molecular complexity index is 1180. The van der Waals surface area contributed by atoms with Crippen LogP contribution in [0.3, 0.4) is 0 Å². The lowest BCUT2D eigenvalue weighted by Gasteiger charge is -2.24. The quantitative estimate of drug-likeness (QED) is 0.480. The number of hydrogen-bond acceptors (Lipinski definition) is 9. The number of rotatable bonds is 5. The third-order valence-corrected chi connectivity index (χ3v) is 5.19. The zero-order chi connectivity index (χ0) is 22.2. The number of carbonyl (C=O) groups is 1. The summed E-state index contributed by atoms with van der Waals surface area (Å²) in [6.07, 6.45) is -3.55. The number of hydrogen-bond donors (Lipinski definition) is 3. The van der Waals surface area contributed by atoms with E-state index in [2.05, 4.69) is 10.1 Å². The number of nitrogen functional groups attached to an aromatic ring is 1. The van der Waals surface area contributed by atoms with E-state index in [0.717, 1.165) is 0 Å². The molecule has 1 aromatic carbocycles. The average molecular weight is 427 g/mol. The molecule has 11 heteroatoms. The van der Waals surface area contributed by atoms with Crippen LogP contribution in [0.4, 0.5) is 10.2 Å². The Balaban J connectivity index is 1.53. The van der Waals surface area contributed by atoms with Crippen molar-refractivity contribution in [2.45, 2.75) is 30.3 Å². The van der Waals surface area contributed by atoms with Crippen molar-refractivity contribution < 1.29 is 28.9 Å². The fourth-order valence-electron chi connectivity index (χ4n) is 3.57. The van der Waals surface area contributed by atoms with Gasteiger partial charge in [0.1, 0.15) is 48.6 Å². The number of nitrogens with two attached hydrogens (primary N) is 1. The number of anilines is 1. The van der Waals surface area contributed by atoms with Gasteiger partial charge in [-0.25, -0.2) is 13.9 Å². The van der Waals surface area contributed by atoms with E-state index in [9.17, 15) is 24.7 Å². The number of ether oxygens (including phenoxy) is 2. The van der Waals surface area contributed by atoms with E-state index in [1.54, 1.807) is 12.1 Å². The summed E-state index contributed by atoms with van der Waals surface area (Å²) in [5.41, 5.74) is 4.49. The lowest BCUT2D eigenvalue weighted by atomic mass is 9.92. The molecule has 3 heterocycles. The van der Waals surface area contributed by atoms with E-state index in [1.165, 1.54) is 35.1 Å². The van der Waals surface area contributed by atoms with Gasteiger partial charge in [-0.3, -0.25) is 4.79 Å². The van der Waals surface area contributed by atoms with Crippen LogP contribution in [0.2, 0.25) is 0 Å². The Labute approximate surface area is 175 Å². The van der Waals surface area contributed by atoms with Crippen LogP contribution in [0.15, 0.2) is 42.7 Å². The molecule has 0 radical (unpaired) electrons. The fourth-order valence-corrected chi connectivity index (χ4v) is 3.57. The summed E-state index contributed by atoms with van der Waals surface area (Å²) >= 11 is 0. The second-order valence-electron chi connectivity index (χ2n) is 7.05. The smallest absolute Gasteiger partial charge is 0.310 e. The Morgan fingerprint density at radius 3 is 2.87 bits per heavy atom. The summed E-state index contributed by atoms with van der Waals surface area (Å²) in [5.74, 6) is -1.14. The van der Waals surface area contributed by atoms with E-state index in [0.29, 0.717) is 5.52 Å². The highest BCUT2D eigenvalue weighted by Crippen LogP contribution is 2.40. The number of nitriles is 1. The number of aliphatic hydroxyl groups excluding tert-OH is 2. The second-order valence-corrected chi connectivity index (χ2v) is 7.05. The monoisotopic (exact) mass is 427 g/mol. The highest BCUT2D eigenvalue weighted by molar-refractivity contribution is 5.72. The molecule has 10 nitrogen and oxygen atoms in total. The molecule has 1 fully saturated rings. The Kier molecular flexibility index (Phi) is 5.28. The minimum atomic E-state index is -1.99. The summed E-state index contributed by atoms with van der Waals surface area (Å²) in [6, 6.07) is 10.7. The first-order valence-electron chi connectivity index (χ1n) is 9.30. The number of aliphatic hydroxyl groups is 2. The van der Waals surface area contributed by atoms with Crippen molar-refractivity contribution >= 4 is 17.3 Å². The van der Waals surface area contributed by atoms with Gasteiger partial charge < -0.3 is 25.4 Å². The highest BCUT2D eigenvalue weighted by atomic mass is 19.1. The molecule has 4 atom stereocenters. The van der Waals surface area contributed by atoms with Gasteiger partial charge in [-0.1, -0.05) is 18.2 Å². The number of esters is 1. The maximum absolute atomic E-state index is 13.7. The first-order valence-corrected chi connectivity index (χ1v) is 9.30. The average Bonchev–Trinajstić information content (AvgIpc) is 3.30. The molecule has 1 aliphatic heterocycles. The summed E-state index contributed by atoms with van der Waals surface area (Å²) in [6.45, 7) is -0.449. The molecule has 4 N–H and O–H groups in total. The van der Waals surface area contributed by atoms with Crippen molar-refractivity contribution in [2.24, 2.45) is 0 Å². The summed E-state index contributed by atoms with van der Waals surface area (Å²) < 4.78 is 25.8. The number of aromatic nitrogens is 3. The van der Waals surface area contributed by atoms with Crippen LogP contribution in [0.1, 0.15) is 11.3 Å². The van der Waals surface area contributed by atoms with Gasteiger partial charge in [-0.2, -0.15) is 10.4 Å². The molecular weight excluding hydrogens is 409 g/mol. The first-order chi connectivity index (χ1) is 14.9. The van der Waals surface area contributed by atoms with Crippen molar-refractivity contribution in [1.82, 2.24) is 14.6 Å². The number of carbonyl (C=O) groups excluding carboxylic acids is 1. The van der Waals surface area contributed by atoms with E-state index in [4.69, 9.17) is 15.2 Å². The van der Waals surface area contributed by atoms with Crippen LogP contribution in [0, 0.1) is 17.1 Å². The topological polar surface area (TPSA) is 156 Å². The predicted octanol–water partition coefficient (Wildman–Crippen LogP) is 0.0760. The van der Waals surface area contributed by atoms with Crippen molar-refractivity contribution in [2.75, 3.05) is 12.3 Å². The maximum Gasteiger partial charge on any atom is 0.310 e. The minimum Gasteiger partial charge on any atom is -0.463 e. The van der Waals surface area contributed by atoms with Crippen LogP contribution in [-0.4, -0.2) is 55.7 Å². The maximum atomic E-state index is 13.7. The van der Waals surface area contributed by atoms with E-state index in [-0.39, 0.29) is 23.5 Å². The van der Waals surface area contributed by atoms with Gasteiger partial charge in [-0.15, -0.1) is 0 Å². The first kappa shape index (κ1) is 20.7. The van der Waals surface area contributed by atoms with E-state index >= 15 is 0 Å². The minimum absolute atomic E-state index is 0.130. The fraction of sp³-hybridized carbons (Fsp3) is 0.300. The summed E-state index contributed by atoms with van der Waals surface area (Å²) in [4.78, 5) is 16.0. The van der Waals surface area contributed by atoms with Crippen LogP contribution in [0.25, 0.3) is 5.52 Å². The summed E-state index contributed by atoms with van der Waals surface area (Å²) in [7, 11) is 0. The Morgan fingerprint density at radius 1 is 1.35 bits per heavy atom. The van der Waals surface area contributed by atoms with Crippen molar-refractivity contribution in [3.8, 4) is 6.07 Å². The third-order valence-electron chi connectivity index (χ3n) is 5.19. The lowest BCUT2D eigenvalue weighted by Crippen LogP contribution is -2.41. The van der Waals surface area contributed by atoms with E-state index < -0.39 is 42.3 Å². The molecule has 0 spiro atoms. The second kappa shape index (κ2) is 7.92. The number of fused-ring (bicyclic) bond motifs is 1. The molecule has 0 amide bonds. The Morgan fingerprint density at radius 2 is 2.13 bits per heavy atom. The normalized spacial score (nSPS) is 25.4. The molecule has 4 unspecified atom stereocenters. The summed E-state index contributed by atoms with van der Waals surface area (Å²) in [5, 5.41) is 35.0. The molecule has 3 aromatic rings. The van der Waals surface area contributed by atoms with Crippen molar-refractivity contribution in [1.29, 1.82) is 5.26 Å². The number of halogens is 1. The largest absolute Gasteiger partial charge is 0.463 e. The zero-order valence-corrected chi connectivity index (χ0v) is 16.1. The van der Waals surface area contributed by atoms with Gasteiger partial charge in [0, 0.05) is 0 Å². The molecule has 31 heavy (non-hydrogen) atoms. The van der Waals surface area contributed by atoms with Crippen LogP contribution in [-0.2, 0) is 26.3 Å². The molecule has 2 aromatic heterocycles. The van der Waals surface area contributed by atoms with Crippen molar-refractivity contribution in [3.63, 3.8) is 0 Å². The SMILES string of the molecule is N#CC1(c2ccc3c(N)ncnn23)OC(COC(=O)Cc2ccccc2F)C(O)C1O. The van der Waals surface area contributed by atoms with Gasteiger partial charge in [0.05, 0.1) is 12.1 Å². The van der Waals surface area contributed by atoms with Gasteiger partial charge in [-0.05, 0) is 23.8 Å². The molecule has 4 rings (SSSR count).